The number of para-hydroxylation sites is 1. The number of fused-ring (bicyclic) bond motifs is 1. The van der Waals surface area contributed by atoms with Gasteiger partial charge in [0.15, 0.2) is 6.33 Å². The van der Waals surface area contributed by atoms with E-state index in [0.717, 1.165) is 16.6 Å². The molecule has 1 aromatic carbocycles. The summed E-state index contributed by atoms with van der Waals surface area (Å²) < 4.78 is 0. The molecule has 0 atom stereocenters. The van der Waals surface area contributed by atoms with Crippen LogP contribution in [-0.4, -0.2) is 9.97 Å². The molecule has 0 aliphatic rings. The zero-order valence-electron chi connectivity index (χ0n) is 5.96. The van der Waals surface area contributed by atoms with Gasteiger partial charge in [0.05, 0.1) is 11.0 Å². The lowest BCUT2D eigenvalue weighted by Gasteiger charge is -1.91. The van der Waals surface area contributed by atoms with Crippen LogP contribution in [0.25, 0.3) is 17.1 Å². The summed E-state index contributed by atoms with van der Waals surface area (Å²) in [6.07, 6.45) is 4.48. The van der Waals surface area contributed by atoms with Crippen molar-refractivity contribution < 1.29 is 0 Å². The van der Waals surface area contributed by atoms with E-state index in [4.69, 9.17) is 0 Å². The van der Waals surface area contributed by atoms with Crippen LogP contribution in [0.1, 0.15) is 5.56 Å². The third-order valence-electron chi connectivity index (χ3n) is 1.65. The highest BCUT2D eigenvalue weighted by atomic mass is 14.9. The third kappa shape index (κ3) is 0.835. The number of benzene rings is 1. The molecule has 2 heteroatoms. The van der Waals surface area contributed by atoms with E-state index in [-0.39, 0.29) is 0 Å². The molecule has 2 rings (SSSR count). The monoisotopic (exact) mass is 143 g/mol. The van der Waals surface area contributed by atoms with Crippen LogP contribution in [0.4, 0.5) is 0 Å². The fraction of sp³-hybridized carbons (Fsp3) is 0. The fourth-order valence-corrected chi connectivity index (χ4v) is 1.10. The number of aromatic nitrogens is 2. The van der Waals surface area contributed by atoms with Gasteiger partial charge < -0.3 is 4.98 Å². The van der Waals surface area contributed by atoms with E-state index in [1.165, 1.54) is 0 Å². The summed E-state index contributed by atoms with van der Waals surface area (Å²) >= 11 is 0. The van der Waals surface area contributed by atoms with E-state index in [1.807, 2.05) is 18.2 Å². The number of nitrogens with zero attached hydrogens (tertiary/aromatic N) is 1. The Hall–Kier alpha value is -1.57. The minimum Gasteiger partial charge on any atom is -0.335 e. The van der Waals surface area contributed by atoms with Gasteiger partial charge in [-0.3, -0.25) is 0 Å². The highest BCUT2D eigenvalue weighted by Gasteiger charge is 1.97. The van der Waals surface area contributed by atoms with E-state index in [1.54, 1.807) is 6.08 Å². The molecule has 1 aromatic heterocycles. The molecule has 0 bridgehead atoms. The smallest absolute Gasteiger partial charge is 0.174 e. The molecular weight excluding hydrogens is 136 g/mol. The van der Waals surface area contributed by atoms with Gasteiger partial charge in [0.1, 0.15) is 0 Å². The first-order chi connectivity index (χ1) is 5.42. The van der Waals surface area contributed by atoms with E-state index < -0.39 is 0 Å². The van der Waals surface area contributed by atoms with Crippen LogP contribution in [-0.2, 0) is 0 Å². The molecule has 0 unspecified atom stereocenters. The number of hydrogen-bond donors (Lipinski definition) is 1. The Morgan fingerprint density at radius 2 is 2.45 bits per heavy atom. The molecule has 2 aromatic rings. The first-order valence-electron chi connectivity index (χ1n) is 3.39. The van der Waals surface area contributed by atoms with Crippen LogP contribution in [0.2, 0.25) is 0 Å². The normalized spacial score (nSPS) is 10.2. The van der Waals surface area contributed by atoms with Crippen LogP contribution >= 0.6 is 0 Å². The second-order valence-electron chi connectivity index (χ2n) is 2.30. The third-order valence-corrected chi connectivity index (χ3v) is 1.65. The lowest BCUT2D eigenvalue weighted by Crippen LogP contribution is -1.74. The predicted molar refractivity (Wildman–Crippen MR) is 45.0 cm³/mol. The molecular formula is C9H7N2. The van der Waals surface area contributed by atoms with Crippen molar-refractivity contribution in [3.8, 4) is 0 Å². The highest BCUT2D eigenvalue weighted by Crippen LogP contribution is 2.14. The van der Waals surface area contributed by atoms with Crippen molar-refractivity contribution in [2.75, 3.05) is 0 Å². The Labute approximate surface area is 64.6 Å². The summed E-state index contributed by atoms with van der Waals surface area (Å²) in [5.74, 6) is 0. The standard InChI is InChI=1S/C9H7N2/c1-2-7-4-3-5-8-9(7)11-6-10-8/h2-5H,1H2,(H,10,11). The lowest BCUT2D eigenvalue weighted by atomic mass is 10.2. The number of H-pyrrole nitrogens is 1. The van der Waals surface area contributed by atoms with Crippen LogP contribution in [0.5, 0.6) is 0 Å². The molecule has 0 spiro atoms. The first kappa shape index (κ1) is 6.16. The maximum atomic E-state index is 4.04. The molecule has 0 aliphatic heterocycles. The summed E-state index contributed by atoms with van der Waals surface area (Å²) in [4.78, 5) is 6.95. The summed E-state index contributed by atoms with van der Waals surface area (Å²) in [5.41, 5.74) is 2.98. The van der Waals surface area contributed by atoms with Crippen LogP contribution in [0.3, 0.4) is 0 Å². The van der Waals surface area contributed by atoms with Crippen molar-refractivity contribution >= 4 is 17.1 Å². The molecule has 1 N–H and O–H groups in total. The molecule has 1 radical (unpaired) electrons. The molecule has 0 amide bonds. The average molecular weight is 143 g/mol. The molecule has 53 valence electrons. The highest BCUT2D eigenvalue weighted by molar-refractivity contribution is 5.83. The largest absolute Gasteiger partial charge is 0.335 e. The second-order valence-corrected chi connectivity index (χ2v) is 2.30. The van der Waals surface area contributed by atoms with Crippen molar-refractivity contribution in [1.29, 1.82) is 0 Å². The summed E-state index contributed by atoms with van der Waals surface area (Å²) in [6, 6.07) is 5.90. The van der Waals surface area contributed by atoms with E-state index >= 15 is 0 Å². The molecule has 0 saturated carbocycles. The summed E-state index contributed by atoms with van der Waals surface area (Å²) in [5, 5.41) is 0. The Bertz CT molecular complexity index is 387. The number of rotatable bonds is 1. The molecule has 0 fully saturated rings. The lowest BCUT2D eigenvalue weighted by molar-refractivity contribution is 1.32. The SMILES string of the molecule is C=Cc1cccc2[nH][c]nc12. The first-order valence-corrected chi connectivity index (χ1v) is 3.39. The van der Waals surface area contributed by atoms with E-state index in [2.05, 4.69) is 22.9 Å². The van der Waals surface area contributed by atoms with Crippen LogP contribution < -0.4 is 0 Å². The predicted octanol–water partition coefficient (Wildman–Crippen LogP) is 2.01. The molecule has 11 heavy (non-hydrogen) atoms. The Morgan fingerprint density at radius 1 is 1.55 bits per heavy atom. The van der Waals surface area contributed by atoms with E-state index in [0.29, 0.717) is 0 Å². The van der Waals surface area contributed by atoms with Crippen molar-refractivity contribution in [2.45, 2.75) is 0 Å². The van der Waals surface area contributed by atoms with Crippen LogP contribution in [0, 0.1) is 6.33 Å². The minimum absolute atomic E-state index is 0.933. The van der Waals surface area contributed by atoms with Gasteiger partial charge in [-0.2, -0.15) is 0 Å². The Morgan fingerprint density at radius 3 is 3.27 bits per heavy atom. The van der Waals surface area contributed by atoms with Gasteiger partial charge in [-0.25, -0.2) is 4.98 Å². The van der Waals surface area contributed by atoms with Crippen molar-refractivity contribution in [3.63, 3.8) is 0 Å². The minimum atomic E-state index is 0.933. The van der Waals surface area contributed by atoms with Crippen LogP contribution in [0.15, 0.2) is 24.8 Å². The van der Waals surface area contributed by atoms with Gasteiger partial charge in [-0.15, -0.1) is 0 Å². The molecule has 0 aliphatic carbocycles. The second kappa shape index (κ2) is 2.23. The Balaban J connectivity index is 2.88. The molecule has 1 heterocycles. The van der Waals surface area contributed by atoms with Crippen molar-refractivity contribution in [2.24, 2.45) is 0 Å². The zero-order chi connectivity index (χ0) is 7.68. The zero-order valence-corrected chi connectivity index (χ0v) is 5.96. The summed E-state index contributed by atoms with van der Waals surface area (Å²) in [7, 11) is 0. The maximum Gasteiger partial charge on any atom is 0.174 e. The maximum absolute atomic E-state index is 4.04. The van der Waals surface area contributed by atoms with Gasteiger partial charge in [0.25, 0.3) is 0 Å². The van der Waals surface area contributed by atoms with Gasteiger partial charge in [0, 0.05) is 5.56 Å². The fourth-order valence-electron chi connectivity index (χ4n) is 1.10. The quantitative estimate of drug-likeness (QED) is 0.649. The number of nitrogens with one attached hydrogen (secondary N) is 1. The van der Waals surface area contributed by atoms with Crippen molar-refractivity contribution in [1.82, 2.24) is 9.97 Å². The van der Waals surface area contributed by atoms with Gasteiger partial charge >= 0.3 is 0 Å². The molecule has 0 saturated heterocycles. The van der Waals surface area contributed by atoms with Gasteiger partial charge in [0.2, 0.25) is 0 Å². The Kier molecular flexibility index (Phi) is 1.25. The average Bonchev–Trinajstić information content (AvgIpc) is 2.50. The van der Waals surface area contributed by atoms with Gasteiger partial charge in [-0.1, -0.05) is 24.8 Å². The van der Waals surface area contributed by atoms with Crippen molar-refractivity contribution in [3.05, 3.63) is 36.7 Å². The molecule has 2 nitrogen and oxygen atoms in total. The van der Waals surface area contributed by atoms with Gasteiger partial charge in [-0.05, 0) is 6.07 Å². The number of hydrogen-bond acceptors (Lipinski definition) is 1. The van der Waals surface area contributed by atoms with E-state index in [9.17, 15) is 0 Å². The summed E-state index contributed by atoms with van der Waals surface area (Å²) in [6.45, 7) is 3.69. The number of imidazole rings is 1. The number of aromatic amines is 1. The topological polar surface area (TPSA) is 28.7 Å².